The molecule has 0 aromatic heterocycles. The van der Waals surface area contributed by atoms with E-state index in [1.54, 1.807) is 0 Å². The highest BCUT2D eigenvalue weighted by atomic mass is 19.4. The number of hydrogen-bond donors (Lipinski definition) is 0. The SMILES string of the molecule is O=C1CCC(c2ccccc2)C/C1=C(\F)C(F)(F)C(F)(F)C(F)(F)C(F)(F)C(F)(F)F. The molecule has 1 fully saturated rings. The van der Waals surface area contributed by atoms with Crippen LogP contribution < -0.4 is 0 Å². The molecule has 1 aromatic carbocycles. The van der Waals surface area contributed by atoms with Crippen molar-refractivity contribution in [2.75, 3.05) is 0 Å². The first-order chi connectivity index (χ1) is 13.9. The highest BCUT2D eigenvalue weighted by Gasteiger charge is 2.88. The molecular formula is C18H12F12O. The lowest BCUT2D eigenvalue weighted by molar-refractivity contribution is -0.419. The Labute approximate surface area is 166 Å². The number of rotatable bonds is 5. The van der Waals surface area contributed by atoms with Gasteiger partial charge in [-0.05, 0) is 24.3 Å². The maximum atomic E-state index is 14.3. The molecule has 0 saturated heterocycles. The molecule has 1 unspecified atom stereocenters. The zero-order chi connectivity index (χ0) is 24.0. The highest BCUT2D eigenvalue weighted by molar-refractivity contribution is 5.97. The van der Waals surface area contributed by atoms with Crippen LogP contribution in [0.25, 0.3) is 0 Å². The molecule has 1 aliphatic carbocycles. The first kappa shape index (κ1) is 25.1. The van der Waals surface area contributed by atoms with Gasteiger partial charge in [-0.15, -0.1) is 0 Å². The average molecular weight is 472 g/mol. The second kappa shape index (κ2) is 7.73. The zero-order valence-electron chi connectivity index (χ0n) is 15.0. The molecule has 0 spiro atoms. The molecule has 1 aromatic rings. The van der Waals surface area contributed by atoms with E-state index in [0.29, 0.717) is 5.56 Å². The monoisotopic (exact) mass is 472 g/mol. The van der Waals surface area contributed by atoms with Crippen LogP contribution in [0.1, 0.15) is 30.7 Å². The smallest absolute Gasteiger partial charge is 0.294 e. The first-order valence-corrected chi connectivity index (χ1v) is 8.44. The number of halogens is 12. The van der Waals surface area contributed by atoms with Gasteiger partial charge in [0.1, 0.15) is 0 Å². The van der Waals surface area contributed by atoms with Crippen molar-refractivity contribution in [2.45, 2.75) is 55.0 Å². The van der Waals surface area contributed by atoms with Crippen molar-refractivity contribution in [1.82, 2.24) is 0 Å². The molecule has 1 atom stereocenters. The summed E-state index contributed by atoms with van der Waals surface area (Å²) in [5.41, 5.74) is -1.32. The van der Waals surface area contributed by atoms with Gasteiger partial charge in [-0.1, -0.05) is 30.3 Å². The Kier molecular flexibility index (Phi) is 6.25. The van der Waals surface area contributed by atoms with Crippen LogP contribution in [0.4, 0.5) is 52.7 Å². The summed E-state index contributed by atoms with van der Waals surface area (Å²) >= 11 is 0. The number of carbonyl (C=O) groups is 1. The Morgan fingerprint density at radius 1 is 0.774 bits per heavy atom. The van der Waals surface area contributed by atoms with E-state index in [0.717, 1.165) is 0 Å². The summed E-state index contributed by atoms with van der Waals surface area (Å²) in [6.07, 6.45) is -9.04. The Morgan fingerprint density at radius 3 is 1.77 bits per heavy atom. The topological polar surface area (TPSA) is 17.1 Å². The van der Waals surface area contributed by atoms with Crippen LogP contribution in [0.15, 0.2) is 41.7 Å². The molecule has 0 N–H and O–H groups in total. The zero-order valence-corrected chi connectivity index (χ0v) is 15.0. The predicted octanol–water partition coefficient (Wildman–Crippen LogP) is 6.85. The summed E-state index contributed by atoms with van der Waals surface area (Å²) < 4.78 is 159. The van der Waals surface area contributed by atoms with Gasteiger partial charge >= 0.3 is 29.9 Å². The third kappa shape index (κ3) is 3.91. The van der Waals surface area contributed by atoms with Gasteiger partial charge in [0.15, 0.2) is 11.6 Å². The summed E-state index contributed by atoms with van der Waals surface area (Å²) in [7, 11) is 0. The fourth-order valence-corrected chi connectivity index (χ4v) is 3.04. The number of ketones is 1. The third-order valence-electron chi connectivity index (χ3n) is 4.86. The van der Waals surface area contributed by atoms with Gasteiger partial charge in [-0.2, -0.15) is 48.3 Å². The lowest BCUT2D eigenvalue weighted by Crippen LogP contribution is -2.66. The fraction of sp³-hybridized carbons (Fsp3) is 0.500. The summed E-state index contributed by atoms with van der Waals surface area (Å²) in [5, 5.41) is 0. The standard InChI is InChI=1S/C18H12F12O/c19-13(11-8-10(6-7-12(11)31)9-4-2-1-3-5-9)14(20,21)15(22,23)16(24,25)17(26,27)18(28,29)30/h1-5,10H,6-8H2/b13-11+. The molecule has 0 bridgehead atoms. The van der Waals surface area contributed by atoms with Crippen LogP contribution in [0, 0.1) is 0 Å². The quantitative estimate of drug-likeness (QED) is 0.339. The van der Waals surface area contributed by atoms with E-state index >= 15 is 0 Å². The Hall–Kier alpha value is -2.21. The minimum Gasteiger partial charge on any atom is -0.294 e. The van der Waals surface area contributed by atoms with Crippen LogP contribution in [0.2, 0.25) is 0 Å². The van der Waals surface area contributed by atoms with Crippen LogP contribution in [-0.2, 0) is 4.79 Å². The summed E-state index contributed by atoms with van der Waals surface area (Å²) in [6, 6.07) is 7.30. The molecule has 0 aliphatic heterocycles. The molecule has 0 amide bonds. The molecule has 1 saturated carbocycles. The number of hydrogen-bond acceptors (Lipinski definition) is 1. The molecule has 13 heteroatoms. The maximum Gasteiger partial charge on any atom is 0.460 e. The van der Waals surface area contributed by atoms with Gasteiger partial charge < -0.3 is 0 Å². The molecule has 31 heavy (non-hydrogen) atoms. The van der Waals surface area contributed by atoms with E-state index in [4.69, 9.17) is 0 Å². The van der Waals surface area contributed by atoms with Crippen LogP contribution in [0.3, 0.4) is 0 Å². The van der Waals surface area contributed by atoms with Crippen molar-refractivity contribution in [3.8, 4) is 0 Å². The van der Waals surface area contributed by atoms with Crippen molar-refractivity contribution < 1.29 is 57.5 Å². The van der Waals surface area contributed by atoms with Crippen molar-refractivity contribution in [3.05, 3.63) is 47.3 Å². The van der Waals surface area contributed by atoms with E-state index in [-0.39, 0.29) is 6.42 Å². The van der Waals surface area contributed by atoms with Crippen molar-refractivity contribution >= 4 is 5.78 Å². The number of alkyl halides is 11. The second-order valence-corrected chi connectivity index (χ2v) is 6.86. The fourth-order valence-electron chi connectivity index (χ4n) is 3.04. The van der Waals surface area contributed by atoms with Gasteiger partial charge in [-0.25, -0.2) is 4.39 Å². The van der Waals surface area contributed by atoms with Gasteiger partial charge in [0.2, 0.25) is 0 Å². The maximum absolute atomic E-state index is 14.3. The number of benzene rings is 1. The third-order valence-corrected chi connectivity index (χ3v) is 4.86. The number of Topliss-reactive ketones (excluding diaryl/α,β-unsaturated/α-hetero) is 1. The van der Waals surface area contributed by atoms with Crippen LogP contribution in [-0.4, -0.2) is 35.6 Å². The van der Waals surface area contributed by atoms with Gasteiger partial charge in [-0.3, -0.25) is 4.79 Å². The Balaban J connectivity index is 2.53. The lowest BCUT2D eigenvalue weighted by atomic mass is 9.79. The van der Waals surface area contributed by atoms with E-state index < -0.39 is 65.8 Å². The molecule has 0 heterocycles. The molecule has 0 radical (unpaired) electrons. The normalized spacial score (nSPS) is 21.3. The molecule has 1 nitrogen and oxygen atoms in total. The lowest BCUT2D eigenvalue weighted by Gasteiger charge is -2.37. The minimum atomic E-state index is -7.74. The van der Waals surface area contributed by atoms with Gasteiger partial charge in [0, 0.05) is 12.0 Å². The van der Waals surface area contributed by atoms with E-state index in [1.165, 1.54) is 30.3 Å². The summed E-state index contributed by atoms with van der Waals surface area (Å²) in [6.45, 7) is 0. The van der Waals surface area contributed by atoms with E-state index in [9.17, 15) is 57.5 Å². The first-order valence-electron chi connectivity index (χ1n) is 8.44. The van der Waals surface area contributed by atoms with Crippen LogP contribution in [0.5, 0.6) is 0 Å². The number of allylic oxidation sites excluding steroid dienone is 2. The van der Waals surface area contributed by atoms with E-state index in [2.05, 4.69) is 0 Å². The largest absolute Gasteiger partial charge is 0.460 e. The summed E-state index contributed by atoms with van der Waals surface area (Å²) in [5.74, 6) is -35.6. The molecule has 2 rings (SSSR count). The van der Waals surface area contributed by atoms with Crippen molar-refractivity contribution in [2.24, 2.45) is 0 Å². The molecular weight excluding hydrogens is 460 g/mol. The second-order valence-electron chi connectivity index (χ2n) is 6.86. The van der Waals surface area contributed by atoms with Gasteiger partial charge in [0.25, 0.3) is 0 Å². The average Bonchev–Trinajstić information content (AvgIpc) is 2.67. The molecule has 1 aliphatic rings. The number of carbonyl (C=O) groups excluding carboxylic acids is 1. The Bertz CT molecular complexity index is 854. The minimum absolute atomic E-state index is 0.0517. The van der Waals surface area contributed by atoms with Crippen molar-refractivity contribution in [3.63, 3.8) is 0 Å². The Morgan fingerprint density at radius 2 is 1.29 bits per heavy atom. The van der Waals surface area contributed by atoms with E-state index in [1.807, 2.05) is 0 Å². The van der Waals surface area contributed by atoms with Gasteiger partial charge in [0.05, 0.1) is 0 Å². The summed E-state index contributed by atoms with van der Waals surface area (Å²) in [4.78, 5) is 11.8. The predicted molar refractivity (Wildman–Crippen MR) is 82.0 cm³/mol. The van der Waals surface area contributed by atoms with Crippen molar-refractivity contribution in [1.29, 1.82) is 0 Å². The van der Waals surface area contributed by atoms with Crippen LogP contribution >= 0.6 is 0 Å². The molecule has 174 valence electrons. The highest BCUT2D eigenvalue weighted by Crippen LogP contribution is 2.59.